The third-order valence-electron chi connectivity index (χ3n) is 5.66. The van der Waals surface area contributed by atoms with E-state index in [0.717, 1.165) is 5.69 Å². The highest BCUT2D eigenvalue weighted by molar-refractivity contribution is 6.06. The summed E-state index contributed by atoms with van der Waals surface area (Å²) in [5.74, 6) is -1.06. The van der Waals surface area contributed by atoms with Gasteiger partial charge < -0.3 is 25.0 Å². The number of methoxy groups -OCH3 is 1. The number of nitrogens with zero attached hydrogens (tertiary/aromatic N) is 2. The van der Waals surface area contributed by atoms with Gasteiger partial charge in [0.1, 0.15) is 11.6 Å². The van der Waals surface area contributed by atoms with Gasteiger partial charge in [0, 0.05) is 31.7 Å². The Morgan fingerprint density at radius 3 is 2.09 bits per heavy atom. The maximum Gasteiger partial charge on any atom is 0.335 e. The molecule has 1 saturated heterocycles. The number of amides is 1. The molecular weight excluding hydrogens is 425 g/mol. The van der Waals surface area contributed by atoms with Gasteiger partial charge in [-0.05, 0) is 54.6 Å². The Bertz CT molecular complexity index is 1160. The van der Waals surface area contributed by atoms with Gasteiger partial charge in [0.2, 0.25) is 0 Å². The van der Waals surface area contributed by atoms with E-state index >= 15 is 0 Å². The fourth-order valence-corrected chi connectivity index (χ4v) is 3.88. The zero-order valence-electron chi connectivity index (χ0n) is 18.1. The molecule has 0 radical (unpaired) electrons. The standard InChI is InChI=1S/C25H24FN3O4/c1-33-19-9-6-17(7-10-19)24(30)27-21-16-18(25(31)32)8-11-23(21)29-14-12-28(13-15-29)22-5-3-2-4-20(22)26/h2-11,16H,12-15H2,1H3,(H,27,30)(H,31,32). The van der Waals surface area contributed by atoms with Crippen molar-refractivity contribution >= 4 is 28.9 Å². The summed E-state index contributed by atoms with van der Waals surface area (Å²) in [7, 11) is 1.55. The molecule has 3 aromatic rings. The monoisotopic (exact) mass is 449 g/mol. The molecule has 1 aliphatic heterocycles. The molecule has 0 atom stereocenters. The van der Waals surface area contributed by atoms with Gasteiger partial charge in [-0.3, -0.25) is 4.79 Å². The van der Waals surface area contributed by atoms with Gasteiger partial charge in [0.15, 0.2) is 0 Å². The summed E-state index contributed by atoms with van der Waals surface area (Å²) >= 11 is 0. The van der Waals surface area contributed by atoms with Crippen molar-refractivity contribution in [1.82, 2.24) is 0 Å². The summed E-state index contributed by atoms with van der Waals surface area (Å²) in [6.45, 7) is 2.36. The van der Waals surface area contributed by atoms with Crippen molar-refractivity contribution in [3.8, 4) is 5.75 Å². The molecule has 0 unspecified atom stereocenters. The van der Waals surface area contributed by atoms with Crippen LogP contribution in [0, 0.1) is 5.82 Å². The first-order valence-electron chi connectivity index (χ1n) is 10.5. The highest BCUT2D eigenvalue weighted by Crippen LogP contribution is 2.30. The largest absolute Gasteiger partial charge is 0.497 e. The fraction of sp³-hybridized carbons (Fsp3) is 0.200. The van der Waals surface area contributed by atoms with Crippen molar-refractivity contribution < 1.29 is 23.8 Å². The average Bonchev–Trinajstić information content (AvgIpc) is 2.84. The van der Waals surface area contributed by atoms with Crippen LogP contribution in [0.5, 0.6) is 5.75 Å². The van der Waals surface area contributed by atoms with Gasteiger partial charge in [0.05, 0.1) is 29.7 Å². The molecule has 0 saturated carbocycles. The van der Waals surface area contributed by atoms with Crippen LogP contribution < -0.4 is 19.9 Å². The predicted molar refractivity (Wildman–Crippen MR) is 125 cm³/mol. The normalized spacial score (nSPS) is 13.5. The number of carbonyl (C=O) groups is 2. The maximum atomic E-state index is 14.2. The molecule has 0 aliphatic carbocycles. The molecule has 1 heterocycles. The lowest BCUT2D eigenvalue weighted by Gasteiger charge is -2.38. The minimum atomic E-state index is -1.08. The third kappa shape index (κ3) is 4.90. The van der Waals surface area contributed by atoms with E-state index in [0.29, 0.717) is 48.9 Å². The second-order valence-electron chi connectivity index (χ2n) is 7.65. The minimum Gasteiger partial charge on any atom is -0.497 e. The molecule has 0 bridgehead atoms. The van der Waals surface area contributed by atoms with E-state index < -0.39 is 5.97 Å². The summed E-state index contributed by atoms with van der Waals surface area (Å²) in [6.07, 6.45) is 0. The average molecular weight is 449 g/mol. The Balaban J connectivity index is 1.55. The van der Waals surface area contributed by atoms with Crippen LogP contribution in [-0.2, 0) is 0 Å². The van der Waals surface area contributed by atoms with Crippen molar-refractivity contribution in [2.45, 2.75) is 0 Å². The van der Waals surface area contributed by atoms with Gasteiger partial charge in [-0.1, -0.05) is 12.1 Å². The number of benzene rings is 3. The molecule has 8 heteroatoms. The van der Waals surface area contributed by atoms with Gasteiger partial charge in [-0.15, -0.1) is 0 Å². The number of hydrogen-bond acceptors (Lipinski definition) is 5. The van der Waals surface area contributed by atoms with Crippen molar-refractivity contribution in [1.29, 1.82) is 0 Å². The number of piperazine rings is 1. The molecule has 4 rings (SSSR count). The highest BCUT2D eigenvalue weighted by Gasteiger charge is 2.23. The zero-order chi connectivity index (χ0) is 23.4. The zero-order valence-corrected chi connectivity index (χ0v) is 18.1. The van der Waals surface area contributed by atoms with E-state index in [1.54, 1.807) is 49.6 Å². The molecule has 2 N–H and O–H groups in total. The maximum absolute atomic E-state index is 14.2. The molecular formula is C25H24FN3O4. The van der Waals surface area contributed by atoms with Crippen molar-refractivity contribution in [3.05, 3.63) is 83.7 Å². The van der Waals surface area contributed by atoms with Crippen LogP contribution in [0.15, 0.2) is 66.7 Å². The van der Waals surface area contributed by atoms with Crippen LogP contribution in [-0.4, -0.2) is 50.3 Å². The van der Waals surface area contributed by atoms with Crippen molar-refractivity contribution in [2.24, 2.45) is 0 Å². The summed E-state index contributed by atoms with van der Waals surface area (Å²) in [5, 5.41) is 12.3. The number of carbonyl (C=O) groups excluding carboxylic acids is 1. The first-order chi connectivity index (χ1) is 16.0. The second kappa shape index (κ2) is 9.60. The number of ether oxygens (including phenoxy) is 1. The van der Waals surface area contributed by atoms with E-state index in [-0.39, 0.29) is 17.3 Å². The number of halogens is 1. The summed E-state index contributed by atoms with van der Waals surface area (Å²) in [4.78, 5) is 28.4. The predicted octanol–water partition coefficient (Wildman–Crippen LogP) is 4.11. The van der Waals surface area contributed by atoms with Gasteiger partial charge in [-0.25, -0.2) is 9.18 Å². The molecule has 0 aromatic heterocycles. The smallest absolute Gasteiger partial charge is 0.335 e. The second-order valence-corrected chi connectivity index (χ2v) is 7.65. The van der Waals surface area contributed by atoms with Gasteiger partial charge in [0.25, 0.3) is 5.91 Å². The lowest BCUT2D eigenvalue weighted by Crippen LogP contribution is -2.47. The number of rotatable bonds is 6. The van der Waals surface area contributed by atoms with Crippen LogP contribution in [0.2, 0.25) is 0 Å². The SMILES string of the molecule is COc1ccc(C(=O)Nc2cc(C(=O)O)ccc2N2CCN(c3ccccc3F)CC2)cc1. The number of hydrogen-bond donors (Lipinski definition) is 2. The van der Waals surface area contributed by atoms with E-state index in [1.165, 1.54) is 18.2 Å². The molecule has 3 aromatic carbocycles. The fourth-order valence-electron chi connectivity index (χ4n) is 3.88. The Kier molecular flexibility index (Phi) is 6.44. The van der Waals surface area contributed by atoms with Crippen molar-refractivity contribution in [3.63, 3.8) is 0 Å². The number of carboxylic acid groups (broad SMARTS) is 1. The topological polar surface area (TPSA) is 82.1 Å². The van der Waals surface area contributed by atoms with Crippen LogP contribution >= 0.6 is 0 Å². The van der Waals surface area contributed by atoms with E-state index in [4.69, 9.17) is 4.74 Å². The van der Waals surface area contributed by atoms with E-state index in [1.807, 2.05) is 11.0 Å². The van der Waals surface area contributed by atoms with Crippen LogP contribution in [0.4, 0.5) is 21.5 Å². The van der Waals surface area contributed by atoms with Crippen LogP contribution in [0.1, 0.15) is 20.7 Å². The summed E-state index contributed by atoms with van der Waals surface area (Å²) in [5.41, 5.74) is 2.19. The minimum absolute atomic E-state index is 0.0776. The quantitative estimate of drug-likeness (QED) is 0.590. The molecule has 33 heavy (non-hydrogen) atoms. The van der Waals surface area contributed by atoms with Gasteiger partial charge in [-0.2, -0.15) is 0 Å². The molecule has 1 fully saturated rings. The lowest BCUT2D eigenvalue weighted by molar-refractivity contribution is 0.0696. The number of carboxylic acids is 1. The Labute approximate surface area is 191 Å². The van der Waals surface area contributed by atoms with Crippen LogP contribution in [0.3, 0.4) is 0 Å². The number of para-hydroxylation sites is 1. The highest BCUT2D eigenvalue weighted by atomic mass is 19.1. The summed E-state index contributed by atoms with van der Waals surface area (Å²) in [6, 6.07) is 18.0. The molecule has 0 spiro atoms. The number of aromatic carboxylic acids is 1. The molecule has 7 nitrogen and oxygen atoms in total. The van der Waals surface area contributed by atoms with E-state index in [2.05, 4.69) is 10.2 Å². The van der Waals surface area contributed by atoms with Gasteiger partial charge >= 0.3 is 5.97 Å². The lowest BCUT2D eigenvalue weighted by atomic mass is 10.1. The first-order valence-corrected chi connectivity index (χ1v) is 10.5. The Morgan fingerprint density at radius 1 is 0.879 bits per heavy atom. The number of anilines is 3. The first kappa shape index (κ1) is 22.1. The van der Waals surface area contributed by atoms with Crippen LogP contribution in [0.25, 0.3) is 0 Å². The molecule has 1 amide bonds. The van der Waals surface area contributed by atoms with E-state index in [9.17, 15) is 19.1 Å². The molecule has 1 aliphatic rings. The Morgan fingerprint density at radius 2 is 1.48 bits per heavy atom. The summed E-state index contributed by atoms with van der Waals surface area (Å²) < 4.78 is 19.3. The van der Waals surface area contributed by atoms with Crippen molar-refractivity contribution in [2.75, 3.05) is 48.4 Å². The Hall–Kier alpha value is -4.07. The number of nitrogens with one attached hydrogen (secondary N) is 1. The third-order valence-corrected chi connectivity index (χ3v) is 5.66. The molecule has 170 valence electrons.